The lowest BCUT2D eigenvalue weighted by atomic mass is 10.2. The molecule has 0 atom stereocenters. The van der Waals surface area contributed by atoms with Gasteiger partial charge in [-0.15, -0.1) is 0 Å². The van der Waals surface area contributed by atoms with E-state index in [0.29, 0.717) is 11.5 Å². The quantitative estimate of drug-likeness (QED) is 0.311. The summed E-state index contributed by atoms with van der Waals surface area (Å²) in [4.78, 5) is 15.9. The van der Waals surface area contributed by atoms with E-state index in [1.807, 2.05) is 6.07 Å². The van der Waals surface area contributed by atoms with E-state index in [-0.39, 0.29) is 0 Å². The van der Waals surface area contributed by atoms with Crippen molar-refractivity contribution < 1.29 is 14.4 Å². The van der Waals surface area contributed by atoms with Crippen LogP contribution >= 0.6 is 0 Å². The minimum absolute atomic E-state index is 0.300. The van der Waals surface area contributed by atoms with Crippen LogP contribution in [0.15, 0.2) is 35.5 Å². The third-order valence-electron chi connectivity index (χ3n) is 1.56. The Labute approximate surface area is 82.1 Å². The maximum atomic E-state index is 11.3. The molecule has 1 rings (SSSR count). The van der Waals surface area contributed by atoms with Crippen molar-refractivity contribution in [2.45, 2.75) is 6.92 Å². The highest BCUT2D eigenvalue weighted by Gasteiger charge is 2.05. The molecule has 0 N–H and O–H groups in total. The van der Waals surface area contributed by atoms with Gasteiger partial charge in [-0.2, -0.15) is 0 Å². The summed E-state index contributed by atoms with van der Waals surface area (Å²) in [6.45, 7) is 1.60. The average Bonchev–Trinajstić information content (AvgIpc) is 2.26. The van der Waals surface area contributed by atoms with Crippen LogP contribution in [0, 0.1) is 0 Å². The van der Waals surface area contributed by atoms with Gasteiger partial charge in [0.1, 0.15) is 0 Å². The minimum Gasteiger partial charge on any atom is -0.482 e. The second-order valence-corrected chi connectivity index (χ2v) is 2.56. The van der Waals surface area contributed by atoms with Crippen molar-refractivity contribution in [3.8, 4) is 0 Å². The first-order valence-electron chi connectivity index (χ1n) is 4.09. The number of carbonyl (C=O) groups is 1. The molecule has 0 aliphatic rings. The number of methoxy groups -OCH3 is 1. The van der Waals surface area contributed by atoms with Gasteiger partial charge in [0.05, 0.1) is 12.7 Å². The molecule has 14 heavy (non-hydrogen) atoms. The molecule has 0 saturated carbocycles. The Hall–Kier alpha value is -1.84. The first-order chi connectivity index (χ1) is 6.74. The van der Waals surface area contributed by atoms with Gasteiger partial charge < -0.3 is 9.57 Å². The normalized spacial score (nSPS) is 10.9. The van der Waals surface area contributed by atoms with Crippen molar-refractivity contribution in [3.63, 3.8) is 0 Å². The third kappa shape index (κ3) is 2.90. The molecule has 4 nitrogen and oxygen atoms in total. The molecule has 0 aliphatic carbocycles. The Morgan fingerprint density at radius 1 is 1.29 bits per heavy atom. The fraction of sp³-hybridized carbons (Fsp3) is 0.200. The van der Waals surface area contributed by atoms with Gasteiger partial charge in [0.15, 0.2) is 0 Å². The molecular formula is C10H11NO3. The molecule has 0 fully saturated rings. The van der Waals surface area contributed by atoms with E-state index in [1.165, 1.54) is 7.11 Å². The number of ether oxygens (including phenoxy) is 1. The predicted octanol–water partition coefficient (Wildman–Crippen LogP) is 1.82. The summed E-state index contributed by atoms with van der Waals surface area (Å²) >= 11 is 0. The average molecular weight is 193 g/mol. The number of rotatable bonds is 2. The van der Waals surface area contributed by atoms with Crippen LogP contribution in [0.2, 0.25) is 0 Å². The van der Waals surface area contributed by atoms with E-state index in [9.17, 15) is 4.79 Å². The molecule has 1 aromatic carbocycles. The van der Waals surface area contributed by atoms with Crippen LogP contribution in [0.3, 0.4) is 0 Å². The summed E-state index contributed by atoms with van der Waals surface area (Å²) in [5.41, 5.74) is 0.458. The standard InChI is InChI=1S/C10H11NO3/c1-8(13-2)11-14-10(12)9-6-4-3-5-7-9/h3-7H,1-2H3/b11-8-. The lowest BCUT2D eigenvalue weighted by molar-refractivity contribution is 0.0504. The van der Waals surface area contributed by atoms with Crippen LogP contribution in [-0.2, 0) is 9.57 Å². The predicted molar refractivity (Wildman–Crippen MR) is 52.0 cm³/mol. The van der Waals surface area contributed by atoms with Gasteiger partial charge in [0.2, 0.25) is 5.90 Å². The van der Waals surface area contributed by atoms with Crippen molar-refractivity contribution in [1.29, 1.82) is 0 Å². The molecule has 0 amide bonds. The third-order valence-corrected chi connectivity index (χ3v) is 1.56. The Morgan fingerprint density at radius 2 is 1.93 bits per heavy atom. The lowest BCUT2D eigenvalue weighted by Crippen LogP contribution is -2.03. The summed E-state index contributed by atoms with van der Waals surface area (Å²) in [7, 11) is 1.45. The summed E-state index contributed by atoms with van der Waals surface area (Å²) in [5.74, 6) is -0.198. The van der Waals surface area contributed by atoms with Crippen LogP contribution < -0.4 is 0 Å². The minimum atomic E-state index is -0.498. The smallest absolute Gasteiger partial charge is 0.365 e. The fourth-order valence-electron chi connectivity index (χ4n) is 0.770. The second kappa shape index (κ2) is 5.01. The molecule has 0 bridgehead atoms. The topological polar surface area (TPSA) is 47.9 Å². The molecular weight excluding hydrogens is 182 g/mol. The SMILES string of the molecule is CO/C(C)=N\OC(=O)c1ccccc1. The van der Waals surface area contributed by atoms with E-state index >= 15 is 0 Å². The summed E-state index contributed by atoms with van der Waals surface area (Å²) < 4.78 is 4.71. The zero-order chi connectivity index (χ0) is 10.4. The van der Waals surface area contributed by atoms with E-state index in [1.54, 1.807) is 31.2 Å². The van der Waals surface area contributed by atoms with E-state index < -0.39 is 5.97 Å². The first kappa shape index (κ1) is 10.2. The molecule has 1 aromatic rings. The van der Waals surface area contributed by atoms with Gasteiger partial charge in [-0.25, -0.2) is 4.79 Å². The van der Waals surface area contributed by atoms with Gasteiger partial charge in [-0.3, -0.25) is 0 Å². The molecule has 0 aromatic heterocycles. The molecule has 0 unspecified atom stereocenters. The number of benzene rings is 1. The highest BCUT2D eigenvalue weighted by molar-refractivity contribution is 5.89. The molecule has 0 radical (unpaired) electrons. The van der Waals surface area contributed by atoms with E-state index in [4.69, 9.17) is 4.74 Å². The van der Waals surface area contributed by atoms with Gasteiger partial charge >= 0.3 is 5.97 Å². The van der Waals surface area contributed by atoms with Crippen molar-refractivity contribution >= 4 is 11.9 Å². The monoisotopic (exact) mass is 193 g/mol. The molecule has 0 heterocycles. The first-order valence-corrected chi connectivity index (χ1v) is 4.09. The summed E-state index contributed by atoms with van der Waals surface area (Å²) in [5, 5.41) is 3.46. The maximum Gasteiger partial charge on any atom is 0.365 e. The zero-order valence-electron chi connectivity index (χ0n) is 8.06. The number of hydrogen-bond acceptors (Lipinski definition) is 4. The molecule has 74 valence electrons. The van der Waals surface area contributed by atoms with Crippen molar-refractivity contribution in [3.05, 3.63) is 35.9 Å². The summed E-state index contributed by atoms with van der Waals surface area (Å²) in [6.07, 6.45) is 0. The van der Waals surface area contributed by atoms with Gasteiger partial charge in [0, 0.05) is 6.92 Å². The van der Waals surface area contributed by atoms with Crippen LogP contribution in [0.1, 0.15) is 17.3 Å². The molecule has 0 saturated heterocycles. The van der Waals surface area contributed by atoms with E-state index in [2.05, 4.69) is 9.99 Å². The number of oxime groups is 1. The number of carbonyl (C=O) groups excluding carboxylic acids is 1. The van der Waals surface area contributed by atoms with Gasteiger partial charge in [-0.1, -0.05) is 18.2 Å². The van der Waals surface area contributed by atoms with Gasteiger partial charge in [0.25, 0.3) is 0 Å². The Balaban J connectivity index is 2.60. The fourth-order valence-corrected chi connectivity index (χ4v) is 0.770. The Bertz CT molecular complexity index is 332. The van der Waals surface area contributed by atoms with Crippen molar-refractivity contribution in [2.75, 3.05) is 7.11 Å². The van der Waals surface area contributed by atoms with E-state index in [0.717, 1.165) is 0 Å². The van der Waals surface area contributed by atoms with Crippen LogP contribution in [0.4, 0.5) is 0 Å². The molecule has 0 spiro atoms. The highest BCUT2D eigenvalue weighted by Crippen LogP contribution is 2.01. The maximum absolute atomic E-state index is 11.3. The summed E-state index contributed by atoms with van der Waals surface area (Å²) in [6, 6.07) is 8.63. The second-order valence-electron chi connectivity index (χ2n) is 2.56. The van der Waals surface area contributed by atoms with Crippen molar-refractivity contribution in [2.24, 2.45) is 5.16 Å². The van der Waals surface area contributed by atoms with Gasteiger partial charge in [-0.05, 0) is 17.3 Å². The largest absolute Gasteiger partial charge is 0.482 e. The molecule has 0 aliphatic heterocycles. The number of hydrogen-bond donors (Lipinski definition) is 0. The zero-order valence-corrected chi connectivity index (χ0v) is 8.06. The highest BCUT2D eigenvalue weighted by atomic mass is 16.7. The van der Waals surface area contributed by atoms with Crippen LogP contribution in [0.25, 0.3) is 0 Å². The number of nitrogens with zero attached hydrogens (tertiary/aromatic N) is 1. The van der Waals surface area contributed by atoms with Crippen LogP contribution in [0.5, 0.6) is 0 Å². The van der Waals surface area contributed by atoms with Crippen molar-refractivity contribution in [1.82, 2.24) is 0 Å². The Morgan fingerprint density at radius 3 is 2.50 bits per heavy atom. The Kier molecular flexibility index (Phi) is 3.67. The lowest BCUT2D eigenvalue weighted by Gasteiger charge is -1.98. The molecule has 4 heteroatoms. The van der Waals surface area contributed by atoms with Crippen LogP contribution in [-0.4, -0.2) is 19.0 Å².